The second kappa shape index (κ2) is 14.1. The molecule has 0 amide bonds. The molecule has 0 bridgehead atoms. The van der Waals surface area contributed by atoms with Crippen molar-refractivity contribution in [3.63, 3.8) is 0 Å². The molecule has 2 heterocycles. The minimum Gasteiger partial charge on any atom is -0.208 e. The van der Waals surface area contributed by atoms with Crippen LogP contribution in [0, 0.1) is 0 Å². The van der Waals surface area contributed by atoms with Gasteiger partial charge < -0.3 is 0 Å². The van der Waals surface area contributed by atoms with Gasteiger partial charge in [0.2, 0.25) is 0 Å². The van der Waals surface area contributed by atoms with Gasteiger partial charge in [-0.2, -0.15) is 0 Å². The van der Waals surface area contributed by atoms with Gasteiger partial charge in [-0.15, -0.1) is 11.3 Å². The van der Waals surface area contributed by atoms with E-state index in [9.17, 15) is 0 Å². The molecule has 0 fully saturated rings. The van der Waals surface area contributed by atoms with Crippen molar-refractivity contribution >= 4 is 96.1 Å². The molecule has 0 aliphatic carbocycles. The molecular formula is C61H35N3S. The van der Waals surface area contributed by atoms with Crippen LogP contribution >= 0.6 is 11.3 Å². The largest absolute Gasteiger partial charge is 0.208 e. The van der Waals surface area contributed by atoms with Crippen molar-refractivity contribution in [3.8, 4) is 56.4 Å². The summed E-state index contributed by atoms with van der Waals surface area (Å²) < 4.78 is 2.58. The van der Waals surface area contributed by atoms with Crippen molar-refractivity contribution in [1.29, 1.82) is 0 Å². The number of hydrogen-bond acceptors (Lipinski definition) is 4. The van der Waals surface area contributed by atoms with Crippen LogP contribution in [0.15, 0.2) is 212 Å². The van der Waals surface area contributed by atoms with Crippen LogP contribution in [0.25, 0.3) is 141 Å². The first-order valence-electron chi connectivity index (χ1n) is 22.1. The molecule has 0 N–H and O–H groups in total. The van der Waals surface area contributed by atoms with Gasteiger partial charge in [-0.25, -0.2) is 15.0 Å². The molecule has 0 unspecified atom stereocenters. The average Bonchev–Trinajstić information content (AvgIpc) is 3.76. The maximum absolute atomic E-state index is 5.20. The molecule has 14 rings (SSSR count). The van der Waals surface area contributed by atoms with Crippen molar-refractivity contribution in [3.05, 3.63) is 212 Å². The highest BCUT2D eigenvalue weighted by molar-refractivity contribution is 7.26. The number of thiophene rings is 1. The molecule has 0 saturated carbocycles. The molecule has 0 aliphatic rings. The second-order valence-corrected chi connectivity index (χ2v) is 18.1. The van der Waals surface area contributed by atoms with Crippen molar-refractivity contribution in [2.45, 2.75) is 0 Å². The van der Waals surface area contributed by atoms with Gasteiger partial charge in [0.15, 0.2) is 17.5 Å². The number of hydrogen-bond donors (Lipinski definition) is 0. The second-order valence-electron chi connectivity index (χ2n) is 17.1. The maximum Gasteiger partial charge on any atom is 0.164 e. The smallest absolute Gasteiger partial charge is 0.164 e. The van der Waals surface area contributed by atoms with E-state index in [4.69, 9.17) is 15.0 Å². The van der Waals surface area contributed by atoms with E-state index in [-0.39, 0.29) is 0 Å². The van der Waals surface area contributed by atoms with Gasteiger partial charge in [-0.3, -0.25) is 0 Å². The Kier molecular flexibility index (Phi) is 7.85. The molecule has 0 aliphatic heterocycles. The Morgan fingerprint density at radius 1 is 0.262 bits per heavy atom. The third kappa shape index (κ3) is 5.64. The number of aromatic nitrogens is 3. The van der Waals surface area contributed by atoms with Gasteiger partial charge in [0.05, 0.1) is 0 Å². The van der Waals surface area contributed by atoms with Crippen LogP contribution in [-0.2, 0) is 0 Å². The zero-order valence-corrected chi connectivity index (χ0v) is 35.8. The summed E-state index contributed by atoms with van der Waals surface area (Å²) in [6.07, 6.45) is 0. The monoisotopic (exact) mass is 841 g/mol. The normalized spacial score (nSPS) is 12.0. The SMILES string of the molecule is c1ccc(-c2nc(-c3ccc(-c4cc5ccc6cccc7c8cccc9ccc%10cccc(c(c4)c5c67)c%10c98)cc3)nc(-c3cccc(-c4cccc5c4sc4ccccc45)c3)n2)cc1. The number of nitrogens with zero attached hydrogens (tertiary/aromatic N) is 3. The lowest BCUT2D eigenvalue weighted by molar-refractivity contribution is 1.07. The van der Waals surface area contributed by atoms with Crippen LogP contribution in [0.2, 0.25) is 0 Å². The van der Waals surface area contributed by atoms with E-state index in [2.05, 4.69) is 194 Å². The molecule has 0 atom stereocenters. The first kappa shape index (κ1) is 36.2. The summed E-state index contributed by atoms with van der Waals surface area (Å²) in [5.41, 5.74) is 7.46. The predicted molar refractivity (Wildman–Crippen MR) is 276 cm³/mol. The number of rotatable bonds is 5. The van der Waals surface area contributed by atoms with Gasteiger partial charge in [0.1, 0.15) is 0 Å². The molecule has 0 saturated heterocycles. The van der Waals surface area contributed by atoms with Crippen molar-refractivity contribution in [1.82, 2.24) is 15.0 Å². The highest BCUT2D eigenvalue weighted by atomic mass is 32.1. The van der Waals surface area contributed by atoms with E-state index >= 15 is 0 Å². The molecule has 0 spiro atoms. The molecule has 65 heavy (non-hydrogen) atoms. The van der Waals surface area contributed by atoms with Gasteiger partial charge in [0, 0.05) is 36.9 Å². The Hall–Kier alpha value is -8.31. The van der Waals surface area contributed by atoms with E-state index < -0.39 is 0 Å². The molecule has 2 aromatic heterocycles. The fourth-order valence-electron chi connectivity index (χ4n) is 10.4. The Bertz CT molecular complexity index is 4220. The lowest BCUT2D eigenvalue weighted by Crippen LogP contribution is -2.00. The standard InChI is InChI=1S/C61H35N3S/c1-2-11-40(12-3-1)59-62-60(64-61(63-59)44-17-6-16-42(33-44)46-19-10-23-51-47-18-4-5-24-53(47)65-58(46)51)41-30-25-36(26-31-41)45-34-43-32-29-39-14-8-21-49-48-20-7-13-37-27-28-38-15-9-22-50(56(38)54(37)48)52(35-45)57(43)55(39)49/h1-35H. The molecule has 0 radical (unpaired) electrons. The lowest BCUT2D eigenvalue weighted by atomic mass is 9.86. The van der Waals surface area contributed by atoms with Crippen LogP contribution in [0.5, 0.6) is 0 Å². The minimum absolute atomic E-state index is 0.635. The highest BCUT2D eigenvalue weighted by Gasteiger charge is 2.18. The van der Waals surface area contributed by atoms with Crippen LogP contribution in [0.1, 0.15) is 0 Å². The quantitative estimate of drug-likeness (QED) is 0.162. The zero-order chi connectivity index (χ0) is 42.6. The molecule has 4 heteroatoms. The number of fused-ring (bicyclic) bond motifs is 5. The summed E-state index contributed by atoms with van der Waals surface area (Å²) in [6, 6.07) is 77.1. The zero-order valence-electron chi connectivity index (χ0n) is 35.0. The third-order valence-corrected chi connectivity index (χ3v) is 14.6. The number of benzene rings is 11. The summed E-state index contributed by atoms with van der Waals surface area (Å²) in [5.74, 6) is 1.92. The van der Waals surface area contributed by atoms with Crippen molar-refractivity contribution < 1.29 is 0 Å². The molecule has 14 aromatic rings. The first-order chi connectivity index (χ1) is 32.2. The third-order valence-electron chi connectivity index (χ3n) is 13.4. The fourth-order valence-corrected chi connectivity index (χ4v) is 11.7. The van der Waals surface area contributed by atoms with Crippen molar-refractivity contribution in [2.24, 2.45) is 0 Å². The predicted octanol–water partition coefficient (Wildman–Crippen LogP) is 16.9. The van der Waals surface area contributed by atoms with Gasteiger partial charge in [0.25, 0.3) is 0 Å². The Balaban J connectivity index is 0.924. The van der Waals surface area contributed by atoms with Crippen LogP contribution in [0.4, 0.5) is 0 Å². The van der Waals surface area contributed by atoms with Crippen LogP contribution in [-0.4, -0.2) is 15.0 Å². The molecular weight excluding hydrogens is 807 g/mol. The highest BCUT2D eigenvalue weighted by Crippen LogP contribution is 2.45. The van der Waals surface area contributed by atoms with E-state index in [0.29, 0.717) is 17.5 Å². The fraction of sp³-hybridized carbons (Fsp3) is 0. The molecule has 300 valence electrons. The van der Waals surface area contributed by atoms with Crippen LogP contribution in [0.3, 0.4) is 0 Å². The Morgan fingerprint density at radius 3 is 1.43 bits per heavy atom. The van der Waals surface area contributed by atoms with Gasteiger partial charge >= 0.3 is 0 Å². The maximum atomic E-state index is 5.20. The van der Waals surface area contributed by atoms with Gasteiger partial charge in [-0.1, -0.05) is 188 Å². The van der Waals surface area contributed by atoms with E-state index in [0.717, 1.165) is 27.8 Å². The van der Waals surface area contributed by atoms with E-state index in [1.807, 2.05) is 29.5 Å². The van der Waals surface area contributed by atoms with E-state index in [1.54, 1.807) is 0 Å². The molecule has 12 aromatic carbocycles. The topological polar surface area (TPSA) is 38.7 Å². The van der Waals surface area contributed by atoms with Gasteiger partial charge in [-0.05, 0) is 111 Å². The van der Waals surface area contributed by atoms with Crippen molar-refractivity contribution in [2.75, 3.05) is 0 Å². The summed E-state index contributed by atoms with van der Waals surface area (Å²) in [7, 11) is 0. The summed E-state index contributed by atoms with van der Waals surface area (Å²) in [4.78, 5) is 15.4. The summed E-state index contributed by atoms with van der Waals surface area (Å²) in [6.45, 7) is 0. The first-order valence-corrected chi connectivity index (χ1v) is 22.9. The Morgan fingerprint density at radius 2 is 0.738 bits per heavy atom. The molecule has 3 nitrogen and oxygen atoms in total. The summed E-state index contributed by atoms with van der Waals surface area (Å²) >= 11 is 1.84. The Labute approximate surface area is 377 Å². The van der Waals surface area contributed by atoms with E-state index in [1.165, 1.54) is 95.9 Å². The average molecular weight is 842 g/mol. The lowest BCUT2D eigenvalue weighted by Gasteiger charge is -2.17. The summed E-state index contributed by atoms with van der Waals surface area (Å²) in [5, 5.41) is 17.9. The van der Waals surface area contributed by atoms with Crippen LogP contribution < -0.4 is 0 Å². The minimum atomic E-state index is 0.635.